The number of hydrogen-bond donors (Lipinski definition) is 1. The largest absolute Gasteiger partial charge is 0.391 e. The molecule has 0 saturated carbocycles. The lowest BCUT2D eigenvalue weighted by atomic mass is 10.0. The van der Waals surface area contributed by atoms with Crippen LogP contribution in [0.3, 0.4) is 0 Å². The number of rotatable bonds is 4. The van der Waals surface area contributed by atoms with E-state index in [0.717, 1.165) is 23.2 Å². The van der Waals surface area contributed by atoms with E-state index in [1.807, 2.05) is 19.9 Å². The standard InChI is InChI=1S/C17H21NO2/c1-4-9-18-16(8-7-14(11-19)17(18)20)15-10-12(2)5-6-13(15)3/h5-8,10,19H,4,9,11H2,1-3H3. The first-order valence-electron chi connectivity index (χ1n) is 6.99. The number of aliphatic hydroxyl groups is 1. The summed E-state index contributed by atoms with van der Waals surface area (Å²) in [4.78, 5) is 12.4. The molecule has 0 aliphatic rings. The Kier molecular flexibility index (Phi) is 4.40. The van der Waals surface area contributed by atoms with Gasteiger partial charge in [0.2, 0.25) is 0 Å². The first kappa shape index (κ1) is 14.5. The van der Waals surface area contributed by atoms with E-state index in [4.69, 9.17) is 0 Å². The van der Waals surface area contributed by atoms with Crippen molar-refractivity contribution in [2.45, 2.75) is 40.3 Å². The molecule has 3 nitrogen and oxygen atoms in total. The zero-order valence-corrected chi connectivity index (χ0v) is 12.3. The third kappa shape index (κ3) is 2.68. The Morgan fingerprint density at radius 1 is 1.15 bits per heavy atom. The molecule has 1 aromatic carbocycles. The van der Waals surface area contributed by atoms with Gasteiger partial charge in [-0.2, -0.15) is 0 Å². The van der Waals surface area contributed by atoms with E-state index in [2.05, 4.69) is 25.1 Å². The third-order valence-corrected chi connectivity index (χ3v) is 3.54. The van der Waals surface area contributed by atoms with E-state index in [1.54, 1.807) is 10.6 Å². The molecule has 1 N–H and O–H groups in total. The number of aromatic nitrogens is 1. The fourth-order valence-corrected chi connectivity index (χ4v) is 2.44. The zero-order chi connectivity index (χ0) is 14.7. The molecule has 0 fully saturated rings. The number of aliphatic hydroxyl groups excluding tert-OH is 1. The summed E-state index contributed by atoms with van der Waals surface area (Å²) in [6.07, 6.45) is 0.882. The molecule has 0 unspecified atom stereocenters. The molecule has 0 saturated heterocycles. The van der Waals surface area contributed by atoms with Crippen LogP contribution in [0.1, 0.15) is 30.0 Å². The molecule has 2 aromatic rings. The second-order valence-corrected chi connectivity index (χ2v) is 5.18. The molecule has 20 heavy (non-hydrogen) atoms. The zero-order valence-electron chi connectivity index (χ0n) is 12.3. The summed E-state index contributed by atoms with van der Waals surface area (Å²) >= 11 is 0. The molecule has 0 bridgehead atoms. The second kappa shape index (κ2) is 6.06. The van der Waals surface area contributed by atoms with E-state index in [0.29, 0.717) is 12.1 Å². The number of pyridine rings is 1. The maximum atomic E-state index is 12.4. The van der Waals surface area contributed by atoms with Crippen LogP contribution in [0.4, 0.5) is 0 Å². The molecule has 2 rings (SSSR count). The van der Waals surface area contributed by atoms with Crippen molar-refractivity contribution < 1.29 is 5.11 Å². The average Bonchev–Trinajstić information content (AvgIpc) is 2.44. The smallest absolute Gasteiger partial charge is 0.256 e. The molecule has 106 valence electrons. The Bertz CT molecular complexity index is 671. The molecule has 1 heterocycles. The molecular formula is C17H21NO2. The number of aryl methyl sites for hydroxylation is 2. The Morgan fingerprint density at radius 2 is 1.90 bits per heavy atom. The topological polar surface area (TPSA) is 42.2 Å². The maximum absolute atomic E-state index is 12.4. The SMILES string of the molecule is CCCn1c(-c2cc(C)ccc2C)ccc(CO)c1=O. The van der Waals surface area contributed by atoms with Crippen molar-refractivity contribution in [2.24, 2.45) is 0 Å². The number of hydrogen-bond acceptors (Lipinski definition) is 2. The summed E-state index contributed by atoms with van der Waals surface area (Å²) in [5.41, 5.74) is 4.69. The Balaban J connectivity index is 2.70. The van der Waals surface area contributed by atoms with Crippen LogP contribution in [0.15, 0.2) is 35.1 Å². The molecule has 1 aromatic heterocycles. The van der Waals surface area contributed by atoms with Gasteiger partial charge in [0.1, 0.15) is 0 Å². The highest BCUT2D eigenvalue weighted by Gasteiger charge is 2.11. The van der Waals surface area contributed by atoms with Crippen LogP contribution in [0.2, 0.25) is 0 Å². The summed E-state index contributed by atoms with van der Waals surface area (Å²) in [6, 6.07) is 9.92. The average molecular weight is 271 g/mol. The second-order valence-electron chi connectivity index (χ2n) is 5.18. The van der Waals surface area contributed by atoms with Crippen molar-refractivity contribution in [1.29, 1.82) is 0 Å². The molecule has 0 radical (unpaired) electrons. The van der Waals surface area contributed by atoms with E-state index >= 15 is 0 Å². The van der Waals surface area contributed by atoms with Crippen LogP contribution in [-0.4, -0.2) is 9.67 Å². The highest BCUT2D eigenvalue weighted by molar-refractivity contribution is 5.65. The van der Waals surface area contributed by atoms with E-state index in [-0.39, 0.29) is 12.2 Å². The van der Waals surface area contributed by atoms with Gasteiger partial charge in [-0.3, -0.25) is 4.79 Å². The highest BCUT2D eigenvalue weighted by atomic mass is 16.3. The van der Waals surface area contributed by atoms with Crippen LogP contribution in [0.5, 0.6) is 0 Å². The number of benzene rings is 1. The summed E-state index contributed by atoms with van der Waals surface area (Å²) in [5, 5.41) is 9.26. The fraction of sp³-hybridized carbons (Fsp3) is 0.353. The van der Waals surface area contributed by atoms with Gasteiger partial charge >= 0.3 is 0 Å². The first-order valence-corrected chi connectivity index (χ1v) is 6.99. The molecule has 0 atom stereocenters. The Morgan fingerprint density at radius 3 is 2.55 bits per heavy atom. The minimum atomic E-state index is -0.213. The van der Waals surface area contributed by atoms with Gasteiger partial charge in [0.05, 0.1) is 12.3 Å². The van der Waals surface area contributed by atoms with Crippen molar-refractivity contribution in [3.05, 3.63) is 57.4 Å². The van der Waals surface area contributed by atoms with Crippen LogP contribution in [-0.2, 0) is 13.2 Å². The van der Waals surface area contributed by atoms with Crippen LogP contribution < -0.4 is 5.56 Å². The van der Waals surface area contributed by atoms with Crippen molar-refractivity contribution in [2.75, 3.05) is 0 Å². The van der Waals surface area contributed by atoms with Crippen molar-refractivity contribution in [3.8, 4) is 11.3 Å². The van der Waals surface area contributed by atoms with Crippen molar-refractivity contribution >= 4 is 0 Å². The summed E-state index contributed by atoms with van der Waals surface area (Å²) in [6.45, 7) is 6.60. The summed E-state index contributed by atoms with van der Waals surface area (Å²) < 4.78 is 1.77. The minimum absolute atomic E-state index is 0.0900. The Hall–Kier alpha value is -1.87. The molecule has 0 aliphatic heterocycles. The molecular weight excluding hydrogens is 250 g/mol. The Labute approximate surface area is 119 Å². The lowest BCUT2D eigenvalue weighted by Crippen LogP contribution is -2.25. The van der Waals surface area contributed by atoms with Gasteiger partial charge in [-0.25, -0.2) is 0 Å². The van der Waals surface area contributed by atoms with Gasteiger partial charge in [-0.15, -0.1) is 0 Å². The lowest BCUT2D eigenvalue weighted by Gasteiger charge is -2.16. The highest BCUT2D eigenvalue weighted by Crippen LogP contribution is 2.24. The molecule has 0 amide bonds. The maximum Gasteiger partial charge on any atom is 0.256 e. The van der Waals surface area contributed by atoms with Gasteiger partial charge in [0.15, 0.2) is 0 Å². The predicted molar refractivity (Wildman–Crippen MR) is 81.8 cm³/mol. The molecule has 3 heteroatoms. The van der Waals surface area contributed by atoms with Gasteiger partial charge in [0.25, 0.3) is 5.56 Å². The third-order valence-electron chi connectivity index (χ3n) is 3.54. The van der Waals surface area contributed by atoms with Crippen LogP contribution >= 0.6 is 0 Å². The summed E-state index contributed by atoms with van der Waals surface area (Å²) in [5.74, 6) is 0. The van der Waals surface area contributed by atoms with Crippen molar-refractivity contribution in [3.63, 3.8) is 0 Å². The van der Waals surface area contributed by atoms with Gasteiger partial charge in [-0.05, 0) is 44.0 Å². The van der Waals surface area contributed by atoms with Gasteiger partial charge in [-0.1, -0.05) is 24.6 Å². The summed E-state index contributed by atoms with van der Waals surface area (Å²) in [7, 11) is 0. The fourth-order valence-electron chi connectivity index (χ4n) is 2.44. The molecule has 0 aliphatic carbocycles. The van der Waals surface area contributed by atoms with E-state index in [1.165, 1.54) is 5.56 Å². The van der Waals surface area contributed by atoms with Gasteiger partial charge in [0, 0.05) is 17.7 Å². The van der Waals surface area contributed by atoms with Crippen LogP contribution in [0.25, 0.3) is 11.3 Å². The molecule has 0 spiro atoms. The van der Waals surface area contributed by atoms with Crippen LogP contribution in [0, 0.1) is 13.8 Å². The first-order chi connectivity index (χ1) is 9.58. The monoisotopic (exact) mass is 271 g/mol. The normalized spacial score (nSPS) is 10.8. The number of nitrogens with zero attached hydrogens (tertiary/aromatic N) is 1. The van der Waals surface area contributed by atoms with E-state index < -0.39 is 0 Å². The quantitative estimate of drug-likeness (QED) is 0.928. The van der Waals surface area contributed by atoms with Crippen molar-refractivity contribution in [1.82, 2.24) is 4.57 Å². The predicted octanol–water partition coefficient (Wildman–Crippen LogP) is 3.03. The van der Waals surface area contributed by atoms with Gasteiger partial charge < -0.3 is 9.67 Å². The van der Waals surface area contributed by atoms with E-state index in [9.17, 15) is 9.90 Å². The lowest BCUT2D eigenvalue weighted by molar-refractivity contribution is 0.279. The minimum Gasteiger partial charge on any atom is -0.391 e.